The maximum Gasteiger partial charge on any atom is 0.256 e. The summed E-state index contributed by atoms with van der Waals surface area (Å²) in [7, 11) is 0. The van der Waals surface area contributed by atoms with Gasteiger partial charge in [-0.1, -0.05) is 29.8 Å². The number of rotatable bonds is 5. The number of amides is 2. The summed E-state index contributed by atoms with van der Waals surface area (Å²) in [5.41, 5.74) is 4.40. The lowest BCUT2D eigenvalue weighted by Crippen LogP contribution is -2.35. The maximum atomic E-state index is 13.0. The Hall–Kier alpha value is -2.82. The van der Waals surface area contributed by atoms with Crippen molar-refractivity contribution in [1.29, 1.82) is 0 Å². The van der Waals surface area contributed by atoms with Crippen LogP contribution in [0.25, 0.3) is 0 Å². The molecule has 26 heavy (non-hydrogen) atoms. The second-order valence-electron chi connectivity index (χ2n) is 6.64. The molecule has 0 bridgehead atoms. The average Bonchev–Trinajstić information content (AvgIpc) is 2.84. The summed E-state index contributed by atoms with van der Waals surface area (Å²) >= 11 is 0. The van der Waals surface area contributed by atoms with Crippen LogP contribution in [-0.4, -0.2) is 24.5 Å². The number of hydrogen-bond acceptors (Lipinski definition) is 4. The number of anilines is 2. The Morgan fingerprint density at radius 3 is 2.42 bits per heavy atom. The summed E-state index contributed by atoms with van der Waals surface area (Å²) in [6.45, 7) is 8.31. The van der Waals surface area contributed by atoms with Crippen molar-refractivity contribution >= 4 is 23.2 Å². The van der Waals surface area contributed by atoms with Crippen LogP contribution in [0.5, 0.6) is 5.75 Å². The van der Waals surface area contributed by atoms with Gasteiger partial charge in [-0.3, -0.25) is 9.59 Å². The molecule has 5 heteroatoms. The molecule has 0 unspecified atom stereocenters. The van der Waals surface area contributed by atoms with Crippen LogP contribution in [-0.2, 0) is 9.59 Å². The molecule has 1 aliphatic rings. The van der Waals surface area contributed by atoms with E-state index in [-0.39, 0.29) is 18.2 Å². The van der Waals surface area contributed by atoms with Crippen LogP contribution in [0.15, 0.2) is 36.4 Å². The third-order valence-corrected chi connectivity index (χ3v) is 4.52. The predicted octanol–water partition coefficient (Wildman–Crippen LogP) is 3.75. The molecule has 1 atom stereocenters. The van der Waals surface area contributed by atoms with E-state index in [0.717, 1.165) is 22.4 Å². The molecular weight excluding hydrogens is 328 g/mol. The zero-order chi connectivity index (χ0) is 18.8. The second-order valence-corrected chi connectivity index (χ2v) is 6.64. The van der Waals surface area contributed by atoms with E-state index in [2.05, 4.69) is 5.32 Å². The minimum Gasteiger partial charge on any atom is -0.492 e. The topological polar surface area (TPSA) is 58.6 Å². The summed E-state index contributed by atoms with van der Waals surface area (Å²) in [6.07, 6.45) is 0.131. The molecule has 136 valence electrons. The van der Waals surface area contributed by atoms with Gasteiger partial charge in [0.1, 0.15) is 11.8 Å². The molecule has 2 aromatic rings. The van der Waals surface area contributed by atoms with Gasteiger partial charge in [-0.05, 0) is 51.0 Å². The van der Waals surface area contributed by atoms with Crippen molar-refractivity contribution in [1.82, 2.24) is 0 Å². The second kappa shape index (κ2) is 7.20. The number of carbonyl (C=O) groups excluding carboxylic acids is 2. The molecule has 0 aromatic heterocycles. The lowest BCUT2D eigenvalue weighted by Gasteiger charge is -2.21. The van der Waals surface area contributed by atoms with Crippen LogP contribution in [0.1, 0.15) is 30.0 Å². The Morgan fingerprint density at radius 2 is 1.77 bits per heavy atom. The number of hydrogen-bond donors (Lipinski definition) is 1. The third-order valence-electron chi connectivity index (χ3n) is 4.52. The van der Waals surface area contributed by atoms with Gasteiger partial charge in [-0.15, -0.1) is 0 Å². The maximum absolute atomic E-state index is 13.0. The number of nitrogens with one attached hydrogen (secondary N) is 1. The van der Waals surface area contributed by atoms with Gasteiger partial charge in [0.15, 0.2) is 0 Å². The Morgan fingerprint density at radius 1 is 1.12 bits per heavy atom. The lowest BCUT2D eigenvalue weighted by atomic mass is 10.0. The van der Waals surface area contributed by atoms with E-state index < -0.39 is 6.04 Å². The number of aryl methyl sites for hydroxylation is 3. The van der Waals surface area contributed by atoms with Crippen molar-refractivity contribution in [2.24, 2.45) is 0 Å². The molecule has 5 nitrogen and oxygen atoms in total. The van der Waals surface area contributed by atoms with Crippen molar-refractivity contribution in [2.45, 2.75) is 40.2 Å². The molecule has 2 amide bonds. The van der Waals surface area contributed by atoms with Gasteiger partial charge < -0.3 is 10.1 Å². The van der Waals surface area contributed by atoms with E-state index in [9.17, 15) is 9.59 Å². The molecular formula is C21H24N2O3. The Balaban J connectivity index is 1.89. The minimum absolute atomic E-state index is 0.131. The van der Waals surface area contributed by atoms with E-state index in [4.69, 9.17) is 4.74 Å². The molecule has 3 rings (SSSR count). The van der Waals surface area contributed by atoms with Crippen LogP contribution >= 0.6 is 0 Å². The van der Waals surface area contributed by atoms with Gasteiger partial charge in [0.05, 0.1) is 24.4 Å². The van der Waals surface area contributed by atoms with E-state index in [1.54, 1.807) is 0 Å². The summed E-state index contributed by atoms with van der Waals surface area (Å²) in [5.74, 6) is 0.268. The molecule has 1 heterocycles. The van der Waals surface area contributed by atoms with Gasteiger partial charge in [0.25, 0.3) is 5.91 Å². The zero-order valence-electron chi connectivity index (χ0n) is 15.6. The van der Waals surface area contributed by atoms with Crippen molar-refractivity contribution < 1.29 is 14.3 Å². The minimum atomic E-state index is -0.593. The van der Waals surface area contributed by atoms with Crippen LogP contribution in [0.4, 0.5) is 11.4 Å². The number of imide groups is 1. The zero-order valence-corrected chi connectivity index (χ0v) is 15.6. The fraction of sp³-hybridized carbons (Fsp3) is 0.333. The van der Waals surface area contributed by atoms with Crippen molar-refractivity contribution in [3.05, 3.63) is 53.1 Å². The van der Waals surface area contributed by atoms with Crippen LogP contribution in [0, 0.1) is 20.8 Å². The summed E-state index contributed by atoms with van der Waals surface area (Å²) in [5, 5.41) is 3.19. The number of carbonyl (C=O) groups is 2. The van der Waals surface area contributed by atoms with Gasteiger partial charge in [0.2, 0.25) is 5.91 Å². The Bertz CT molecular complexity index is 837. The molecule has 0 spiro atoms. The highest BCUT2D eigenvalue weighted by Gasteiger charge is 2.41. The van der Waals surface area contributed by atoms with Crippen molar-refractivity contribution in [3.63, 3.8) is 0 Å². The Labute approximate surface area is 154 Å². The largest absolute Gasteiger partial charge is 0.492 e. The van der Waals surface area contributed by atoms with Gasteiger partial charge >= 0.3 is 0 Å². The molecule has 2 aromatic carbocycles. The molecule has 1 saturated heterocycles. The molecule has 1 fully saturated rings. The van der Waals surface area contributed by atoms with Crippen LogP contribution in [0.3, 0.4) is 0 Å². The van der Waals surface area contributed by atoms with Crippen LogP contribution < -0.4 is 15.0 Å². The highest BCUT2D eigenvalue weighted by atomic mass is 16.5. The summed E-state index contributed by atoms with van der Waals surface area (Å²) in [6, 6.07) is 10.8. The van der Waals surface area contributed by atoms with Gasteiger partial charge in [-0.2, -0.15) is 0 Å². The smallest absolute Gasteiger partial charge is 0.256 e. The highest BCUT2D eigenvalue weighted by Crippen LogP contribution is 2.33. The molecule has 0 radical (unpaired) electrons. The predicted molar refractivity (Wildman–Crippen MR) is 103 cm³/mol. The quantitative estimate of drug-likeness (QED) is 0.833. The standard InChI is InChI=1S/C21H24N2O3/c1-5-26-18-9-7-6-8-16(18)22-17-12-19(24)23(21(17)25)20-14(3)10-13(2)11-15(20)4/h6-11,17,22H,5,12H2,1-4H3/t17-/m0/s1. The number of benzene rings is 2. The first kappa shape index (κ1) is 18.0. The third kappa shape index (κ3) is 3.29. The van der Waals surface area contributed by atoms with Crippen molar-refractivity contribution in [3.8, 4) is 5.75 Å². The van der Waals surface area contributed by atoms with Gasteiger partial charge in [0, 0.05) is 0 Å². The summed E-state index contributed by atoms with van der Waals surface area (Å²) < 4.78 is 5.60. The molecule has 1 aliphatic heterocycles. The summed E-state index contributed by atoms with van der Waals surface area (Å²) in [4.78, 5) is 26.9. The Kier molecular flexibility index (Phi) is 4.98. The number of nitrogens with zero attached hydrogens (tertiary/aromatic N) is 1. The number of para-hydroxylation sites is 2. The SMILES string of the molecule is CCOc1ccccc1N[C@H]1CC(=O)N(c2c(C)cc(C)cc2C)C1=O. The van der Waals surface area contributed by atoms with Crippen LogP contribution in [0.2, 0.25) is 0 Å². The van der Waals surface area contributed by atoms with Crippen molar-refractivity contribution in [2.75, 3.05) is 16.8 Å². The first-order valence-electron chi connectivity index (χ1n) is 8.85. The highest BCUT2D eigenvalue weighted by molar-refractivity contribution is 6.23. The molecule has 0 saturated carbocycles. The van der Waals surface area contributed by atoms with E-state index in [0.29, 0.717) is 18.0 Å². The molecule has 0 aliphatic carbocycles. The number of ether oxygens (including phenoxy) is 1. The monoisotopic (exact) mass is 352 g/mol. The average molecular weight is 352 g/mol. The first-order chi connectivity index (χ1) is 12.4. The normalized spacial score (nSPS) is 16.9. The first-order valence-corrected chi connectivity index (χ1v) is 8.85. The van der Waals surface area contributed by atoms with E-state index in [1.807, 2.05) is 64.1 Å². The fourth-order valence-corrected chi connectivity index (χ4v) is 3.56. The van der Waals surface area contributed by atoms with Gasteiger partial charge in [-0.25, -0.2) is 4.90 Å². The fourth-order valence-electron chi connectivity index (χ4n) is 3.56. The van der Waals surface area contributed by atoms with E-state index in [1.165, 1.54) is 4.90 Å². The van der Waals surface area contributed by atoms with E-state index >= 15 is 0 Å². The molecule has 1 N–H and O–H groups in total. The lowest BCUT2D eigenvalue weighted by molar-refractivity contribution is -0.121.